The molecular formula is C29H36O3Si. The van der Waals surface area contributed by atoms with Crippen LogP contribution in [0, 0.1) is 0 Å². The summed E-state index contributed by atoms with van der Waals surface area (Å²) >= 11 is 0. The summed E-state index contributed by atoms with van der Waals surface area (Å²) in [5.41, 5.74) is 0.446. The highest BCUT2D eigenvalue weighted by molar-refractivity contribution is 6.99. The van der Waals surface area contributed by atoms with E-state index in [4.69, 9.17) is 13.9 Å². The Hall–Kier alpha value is -2.66. The summed E-state index contributed by atoms with van der Waals surface area (Å²) in [7, 11) is -0.971. The van der Waals surface area contributed by atoms with Gasteiger partial charge < -0.3 is 13.9 Å². The van der Waals surface area contributed by atoms with Gasteiger partial charge in [-0.1, -0.05) is 99.6 Å². The summed E-state index contributed by atoms with van der Waals surface area (Å²) in [6, 6.07) is 29.3. The van der Waals surface area contributed by atoms with Crippen molar-refractivity contribution >= 4 is 18.7 Å². The molecule has 3 rings (SSSR count). The Kier molecular flexibility index (Phi) is 7.95. The van der Waals surface area contributed by atoms with Crippen molar-refractivity contribution < 1.29 is 13.9 Å². The van der Waals surface area contributed by atoms with E-state index < -0.39 is 13.9 Å². The molecule has 1 atom stereocenters. The maximum atomic E-state index is 7.07. The average Bonchev–Trinajstić information content (AvgIpc) is 2.84. The van der Waals surface area contributed by atoms with E-state index in [0.717, 1.165) is 11.3 Å². The van der Waals surface area contributed by atoms with Gasteiger partial charge in [0.05, 0.1) is 20.3 Å². The molecule has 0 saturated carbocycles. The molecule has 0 heterocycles. The Morgan fingerprint density at radius 2 is 1.30 bits per heavy atom. The lowest BCUT2D eigenvalue weighted by molar-refractivity contribution is -0.0379. The predicted octanol–water partition coefficient (Wildman–Crippen LogP) is 5.73. The largest absolute Gasteiger partial charge is 0.497 e. The zero-order valence-corrected chi connectivity index (χ0v) is 21.5. The molecule has 3 aromatic carbocycles. The van der Waals surface area contributed by atoms with Crippen LogP contribution in [0.15, 0.2) is 97.6 Å². The third-order valence-corrected chi connectivity index (χ3v) is 11.1. The van der Waals surface area contributed by atoms with Gasteiger partial charge in [-0.15, -0.1) is 6.58 Å². The van der Waals surface area contributed by atoms with Crippen LogP contribution >= 0.6 is 0 Å². The lowest BCUT2D eigenvalue weighted by Crippen LogP contribution is -2.67. The smallest absolute Gasteiger partial charge is 0.261 e. The second kappa shape index (κ2) is 10.5. The SMILES string of the molecule is C=CC(C)(CO[Si](c1ccccc1)(c1ccccc1)C(C)(C)C)OCc1ccc(OC)cc1. The van der Waals surface area contributed by atoms with Gasteiger partial charge in [0, 0.05) is 0 Å². The van der Waals surface area contributed by atoms with Crippen LogP contribution in [0.25, 0.3) is 0 Å². The highest BCUT2D eigenvalue weighted by Gasteiger charge is 2.51. The zero-order valence-electron chi connectivity index (χ0n) is 20.5. The summed E-state index contributed by atoms with van der Waals surface area (Å²) in [4.78, 5) is 0. The van der Waals surface area contributed by atoms with E-state index in [0.29, 0.717) is 13.2 Å². The Bertz CT molecular complexity index is 971. The van der Waals surface area contributed by atoms with Crippen molar-refractivity contribution in [3.05, 3.63) is 103 Å². The maximum absolute atomic E-state index is 7.07. The highest BCUT2D eigenvalue weighted by Crippen LogP contribution is 2.37. The van der Waals surface area contributed by atoms with Crippen LogP contribution in [0.4, 0.5) is 0 Å². The zero-order chi connectivity index (χ0) is 24.0. The van der Waals surface area contributed by atoms with Gasteiger partial charge in [-0.05, 0) is 40.0 Å². The minimum atomic E-state index is -2.64. The fourth-order valence-corrected chi connectivity index (χ4v) is 8.80. The van der Waals surface area contributed by atoms with Crippen LogP contribution in [0.5, 0.6) is 5.75 Å². The van der Waals surface area contributed by atoms with Gasteiger partial charge in [0.2, 0.25) is 0 Å². The van der Waals surface area contributed by atoms with E-state index in [1.807, 2.05) is 37.3 Å². The van der Waals surface area contributed by atoms with E-state index in [9.17, 15) is 0 Å². The van der Waals surface area contributed by atoms with E-state index in [1.54, 1.807) is 7.11 Å². The molecule has 0 radical (unpaired) electrons. The first-order chi connectivity index (χ1) is 15.7. The molecule has 0 aliphatic rings. The van der Waals surface area contributed by atoms with Gasteiger partial charge in [-0.25, -0.2) is 0 Å². The maximum Gasteiger partial charge on any atom is 0.261 e. The van der Waals surface area contributed by atoms with Crippen LogP contribution in [-0.4, -0.2) is 27.6 Å². The van der Waals surface area contributed by atoms with Gasteiger partial charge in [0.15, 0.2) is 0 Å². The van der Waals surface area contributed by atoms with E-state index in [2.05, 4.69) is 88.0 Å². The van der Waals surface area contributed by atoms with Crippen molar-refractivity contribution in [2.45, 2.75) is 44.9 Å². The Balaban J connectivity index is 1.90. The van der Waals surface area contributed by atoms with E-state index >= 15 is 0 Å². The lowest BCUT2D eigenvalue weighted by atomic mass is 10.1. The molecule has 1 unspecified atom stereocenters. The van der Waals surface area contributed by atoms with Gasteiger partial charge in [-0.3, -0.25) is 0 Å². The van der Waals surface area contributed by atoms with E-state index in [-0.39, 0.29) is 5.04 Å². The molecule has 0 bridgehead atoms. The first-order valence-corrected chi connectivity index (χ1v) is 13.3. The van der Waals surface area contributed by atoms with Gasteiger partial charge >= 0.3 is 0 Å². The molecule has 0 N–H and O–H groups in total. The minimum absolute atomic E-state index is 0.0895. The third kappa shape index (κ3) is 5.64. The monoisotopic (exact) mass is 460 g/mol. The summed E-state index contributed by atoms with van der Waals surface area (Å²) in [6.07, 6.45) is 1.86. The van der Waals surface area contributed by atoms with Crippen molar-refractivity contribution in [2.24, 2.45) is 0 Å². The number of hydrogen-bond donors (Lipinski definition) is 0. The molecule has 3 aromatic rings. The number of methoxy groups -OCH3 is 1. The molecule has 0 aliphatic carbocycles. The number of benzene rings is 3. The summed E-state index contributed by atoms with van der Waals surface area (Å²) in [5.74, 6) is 0.834. The highest BCUT2D eigenvalue weighted by atomic mass is 28.4. The third-order valence-electron chi connectivity index (χ3n) is 6.15. The minimum Gasteiger partial charge on any atom is -0.497 e. The van der Waals surface area contributed by atoms with Crippen LogP contribution < -0.4 is 15.1 Å². The van der Waals surface area contributed by atoms with Crippen LogP contribution in [0.3, 0.4) is 0 Å². The standard InChI is InChI=1S/C29H36O3Si/c1-7-29(5,31-22-24-18-20-25(30-6)21-19-24)23-32-33(28(2,3)4,26-14-10-8-11-15-26)27-16-12-9-13-17-27/h7-21H,1,22-23H2,2-6H3. The molecule has 0 amide bonds. The Labute approximate surface area is 200 Å². The van der Waals surface area contributed by atoms with Crippen LogP contribution in [0.2, 0.25) is 5.04 Å². The first kappa shape index (κ1) is 25.0. The molecule has 4 heteroatoms. The molecular weight excluding hydrogens is 424 g/mol. The fraction of sp³-hybridized carbons (Fsp3) is 0.310. The van der Waals surface area contributed by atoms with Crippen molar-refractivity contribution in [1.29, 1.82) is 0 Å². The molecule has 3 nitrogen and oxygen atoms in total. The molecule has 0 aromatic heterocycles. The molecule has 0 fully saturated rings. The molecule has 174 valence electrons. The van der Waals surface area contributed by atoms with Gasteiger partial charge in [0.25, 0.3) is 8.32 Å². The van der Waals surface area contributed by atoms with Gasteiger partial charge in [-0.2, -0.15) is 0 Å². The number of hydrogen-bond acceptors (Lipinski definition) is 3. The Morgan fingerprint density at radius 1 is 0.788 bits per heavy atom. The number of ether oxygens (including phenoxy) is 2. The predicted molar refractivity (Wildman–Crippen MR) is 140 cm³/mol. The van der Waals surface area contributed by atoms with Crippen molar-refractivity contribution in [3.8, 4) is 5.75 Å². The lowest BCUT2D eigenvalue weighted by Gasteiger charge is -2.44. The van der Waals surface area contributed by atoms with Crippen molar-refractivity contribution in [2.75, 3.05) is 13.7 Å². The number of rotatable bonds is 10. The van der Waals surface area contributed by atoms with Crippen molar-refractivity contribution in [3.63, 3.8) is 0 Å². The Morgan fingerprint density at radius 3 is 1.73 bits per heavy atom. The van der Waals surface area contributed by atoms with Crippen molar-refractivity contribution in [1.82, 2.24) is 0 Å². The summed E-state index contributed by atoms with van der Waals surface area (Å²) in [6.45, 7) is 13.8. The quantitative estimate of drug-likeness (QED) is 0.285. The topological polar surface area (TPSA) is 27.7 Å². The molecule has 0 saturated heterocycles. The van der Waals surface area contributed by atoms with Crippen LogP contribution in [0.1, 0.15) is 33.3 Å². The molecule has 33 heavy (non-hydrogen) atoms. The van der Waals surface area contributed by atoms with Crippen LogP contribution in [-0.2, 0) is 15.8 Å². The summed E-state index contributed by atoms with van der Waals surface area (Å²) < 4.78 is 18.7. The normalized spacial score (nSPS) is 13.8. The molecule has 0 aliphatic heterocycles. The summed E-state index contributed by atoms with van der Waals surface area (Å²) in [5, 5.41) is 2.42. The second-order valence-electron chi connectivity index (χ2n) is 9.61. The van der Waals surface area contributed by atoms with Gasteiger partial charge in [0.1, 0.15) is 11.4 Å². The average molecular weight is 461 g/mol. The molecule has 0 spiro atoms. The second-order valence-corrected chi connectivity index (χ2v) is 13.9. The van der Waals surface area contributed by atoms with E-state index in [1.165, 1.54) is 10.4 Å². The first-order valence-electron chi connectivity index (χ1n) is 11.4. The fourth-order valence-electron chi connectivity index (χ4n) is 4.14.